The first-order chi connectivity index (χ1) is 12.7. The number of nitrogens with zero attached hydrogens (tertiary/aromatic N) is 3. The van der Waals surface area contributed by atoms with Gasteiger partial charge in [0.15, 0.2) is 0 Å². The van der Waals surface area contributed by atoms with Crippen LogP contribution < -0.4 is 10.9 Å². The molecule has 7 nitrogen and oxygen atoms in total. The Labute approximate surface area is 148 Å². The maximum atomic E-state index is 12.4. The molecule has 0 aliphatic rings. The zero-order valence-corrected chi connectivity index (χ0v) is 14.0. The van der Waals surface area contributed by atoms with Gasteiger partial charge in [0.05, 0.1) is 34.8 Å². The average molecular weight is 347 g/mol. The fourth-order valence-corrected chi connectivity index (χ4v) is 2.85. The van der Waals surface area contributed by atoms with Gasteiger partial charge in [0.25, 0.3) is 5.56 Å². The van der Waals surface area contributed by atoms with E-state index < -0.39 is 0 Å². The van der Waals surface area contributed by atoms with Gasteiger partial charge in [-0.3, -0.25) is 14.2 Å². The fraction of sp³-hybridized carbons (Fsp3) is 0.158. The van der Waals surface area contributed by atoms with Gasteiger partial charge >= 0.3 is 0 Å². The van der Waals surface area contributed by atoms with Crippen LogP contribution >= 0.6 is 0 Å². The number of benzene rings is 2. The van der Waals surface area contributed by atoms with Gasteiger partial charge in [-0.25, -0.2) is 9.97 Å². The van der Waals surface area contributed by atoms with Crippen molar-refractivity contribution >= 4 is 27.8 Å². The van der Waals surface area contributed by atoms with Crippen molar-refractivity contribution in [3.8, 4) is 0 Å². The number of para-hydroxylation sites is 3. The second-order valence-corrected chi connectivity index (χ2v) is 5.99. The zero-order chi connectivity index (χ0) is 17.9. The van der Waals surface area contributed by atoms with E-state index in [1.807, 2.05) is 30.3 Å². The minimum atomic E-state index is -0.148. The molecular formula is C19H17N5O2. The van der Waals surface area contributed by atoms with Crippen LogP contribution in [0, 0.1) is 0 Å². The van der Waals surface area contributed by atoms with Crippen molar-refractivity contribution in [2.45, 2.75) is 19.5 Å². The van der Waals surface area contributed by atoms with E-state index in [1.54, 1.807) is 18.2 Å². The topological polar surface area (TPSA) is 92.7 Å². The Kier molecular flexibility index (Phi) is 4.18. The number of nitrogens with one attached hydrogen (secondary N) is 2. The molecule has 1 amide bonds. The van der Waals surface area contributed by atoms with Gasteiger partial charge in [-0.15, -0.1) is 0 Å². The highest BCUT2D eigenvalue weighted by molar-refractivity contribution is 5.78. The van der Waals surface area contributed by atoms with E-state index >= 15 is 0 Å². The maximum absolute atomic E-state index is 12.4. The molecular weight excluding hydrogens is 330 g/mol. The van der Waals surface area contributed by atoms with Crippen molar-refractivity contribution in [1.29, 1.82) is 0 Å². The number of hydrogen-bond acceptors (Lipinski definition) is 4. The van der Waals surface area contributed by atoms with Crippen molar-refractivity contribution in [1.82, 2.24) is 24.8 Å². The third kappa shape index (κ3) is 3.19. The summed E-state index contributed by atoms with van der Waals surface area (Å²) in [5.41, 5.74) is 2.32. The van der Waals surface area contributed by atoms with Crippen LogP contribution in [0.4, 0.5) is 0 Å². The lowest BCUT2D eigenvalue weighted by atomic mass is 10.2. The second kappa shape index (κ2) is 6.79. The quantitative estimate of drug-likeness (QED) is 0.577. The standard InChI is InChI=1S/C19H17N5O2/c25-18(20-11-17-22-15-7-3-4-8-16(15)23-17)9-10-24-12-21-14-6-2-1-5-13(14)19(24)26/h1-8,12H,9-11H2,(H,20,25)(H,22,23). The third-order valence-electron chi connectivity index (χ3n) is 4.20. The first kappa shape index (κ1) is 16.0. The van der Waals surface area contributed by atoms with Crippen molar-refractivity contribution in [2.24, 2.45) is 0 Å². The van der Waals surface area contributed by atoms with Crippen LogP contribution in [0.25, 0.3) is 21.9 Å². The van der Waals surface area contributed by atoms with Crippen molar-refractivity contribution in [2.75, 3.05) is 0 Å². The molecule has 2 heterocycles. The van der Waals surface area contributed by atoms with Crippen molar-refractivity contribution in [3.05, 3.63) is 71.0 Å². The molecule has 130 valence electrons. The summed E-state index contributed by atoms with van der Waals surface area (Å²) in [5.74, 6) is 0.551. The van der Waals surface area contributed by atoms with Gasteiger partial charge in [-0.2, -0.15) is 0 Å². The molecule has 2 aromatic carbocycles. The summed E-state index contributed by atoms with van der Waals surface area (Å²) in [5, 5.41) is 3.37. The molecule has 0 atom stereocenters. The van der Waals surface area contributed by atoms with E-state index in [2.05, 4.69) is 20.3 Å². The number of rotatable bonds is 5. The van der Waals surface area contributed by atoms with Crippen molar-refractivity contribution in [3.63, 3.8) is 0 Å². The molecule has 0 saturated heterocycles. The molecule has 0 aliphatic heterocycles. The summed E-state index contributed by atoms with van der Waals surface area (Å²) < 4.78 is 1.46. The van der Waals surface area contributed by atoms with E-state index in [4.69, 9.17) is 0 Å². The summed E-state index contributed by atoms with van der Waals surface area (Å²) in [6.45, 7) is 0.598. The van der Waals surface area contributed by atoms with Gasteiger partial charge in [-0.05, 0) is 24.3 Å². The van der Waals surface area contributed by atoms with E-state index in [0.717, 1.165) is 11.0 Å². The fourth-order valence-electron chi connectivity index (χ4n) is 2.85. The highest BCUT2D eigenvalue weighted by atomic mass is 16.1. The van der Waals surface area contributed by atoms with Crippen LogP contribution in [0.3, 0.4) is 0 Å². The smallest absolute Gasteiger partial charge is 0.261 e. The number of carbonyl (C=O) groups excluding carboxylic acids is 1. The second-order valence-electron chi connectivity index (χ2n) is 5.99. The molecule has 0 spiro atoms. The monoisotopic (exact) mass is 347 g/mol. The first-order valence-corrected chi connectivity index (χ1v) is 8.35. The van der Waals surface area contributed by atoms with Gasteiger partial charge in [0.1, 0.15) is 5.82 Å². The number of amides is 1. The van der Waals surface area contributed by atoms with Crippen LogP contribution in [0.2, 0.25) is 0 Å². The van der Waals surface area contributed by atoms with Crippen molar-refractivity contribution < 1.29 is 4.79 Å². The molecule has 0 unspecified atom stereocenters. The number of H-pyrrole nitrogens is 1. The lowest BCUT2D eigenvalue weighted by Gasteiger charge is -2.07. The molecule has 0 aliphatic carbocycles. The highest BCUT2D eigenvalue weighted by Gasteiger charge is 2.08. The normalized spacial score (nSPS) is 11.1. The first-order valence-electron chi connectivity index (χ1n) is 8.35. The van der Waals surface area contributed by atoms with E-state index in [9.17, 15) is 9.59 Å². The molecule has 2 aromatic heterocycles. The number of imidazole rings is 1. The summed E-state index contributed by atoms with van der Waals surface area (Å²) in [6.07, 6.45) is 1.68. The largest absolute Gasteiger partial charge is 0.349 e. The van der Waals surface area contributed by atoms with E-state index in [-0.39, 0.29) is 24.4 Å². The van der Waals surface area contributed by atoms with Crippen LogP contribution in [-0.4, -0.2) is 25.4 Å². The van der Waals surface area contributed by atoms with Gasteiger partial charge in [0.2, 0.25) is 5.91 Å². The number of hydrogen-bond donors (Lipinski definition) is 2. The Balaban J connectivity index is 1.38. The van der Waals surface area contributed by atoms with Crippen LogP contribution in [0.1, 0.15) is 12.2 Å². The minimum Gasteiger partial charge on any atom is -0.349 e. The SMILES string of the molecule is O=C(CCn1cnc2ccccc2c1=O)NCc1nc2ccccc2[nH]1. The average Bonchev–Trinajstić information content (AvgIpc) is 3.09. The number of aromatic nitrogens is 4. The Bertz CT molecular complexity index is 1110. The lowest BCUT2D eigenvalue weighted by Crippen LogP contribution is -2.27. The molecule has 0 radical (unpaired) electrons. The number of aryl methyl sites for hydroxylation is 1. The van der Waals surface area contributed by atoms with Crippen LogP contribution in [0.15, 0.2) is 59.7 Å². The summed E-state index contributed by atoms with van der Waals surface area (Å²) in [7, 11) is 0. The predicted molar refractivity (Wildman–Crippen MR) is 98.6 cm³/mol. The zero-order valence-electron chi connectivity index (χ0n) is 14.0. The summed E-state index contributed by atoms with van der Waals surface area (Å²) >= 11 is 0. The molecule has 0 saturated carbocycles. The number of carbonyl (C=O) groups is 1. The molecule has 4 aromatic rings. The predicted octanol–water partition coefficient (Wildman–Crippen LogP) is 1.98. The summed E-state index contributed by atoms with van der Waals surface area (Å²) in [6, 6.07) is 14.9. The molecule has 4 rings (SSSR count). The van der Waals surface area contributed by atoms with Gasteiger partial charge in [-0.1, -0.05) is 24.3 Å². The number of aromatic amines is 1. The molecule has 0 bridgehead atoms. The molecule has 7 heteroatoms. The Morgan fingerprint density at radius 2 is 1.85 bits per heavy atom. The van der Waals surface area contributed by atoms with E-state index in [0.29, 0.717) is 23.3 Å². The minimum absolute atomic E-state index is 0.138. The Hall–Kier alpha value is -3.48. The maximum Gasteiger partial charge on any atom is 0.261 e. The van der Waals surface area contributed by atoms with Crippen LogP contribution in [0.5, 0.6) is 0 Å². The van der Waals surface area contributed by atoms with Gasteiger partial charge < -0.3 is 10.3 Å². The molecule has 2 N–H and O–H groups in total. The Morgan fingerprint density at radius 3 is 2.69 bits per heavy atom. The number of fused-ring (bicyclic) bond motifs is 2. The highest BCUT2D eigenvalue weighted by Crippen LogP contribution is 2.10. The Morgan fingerprint density at radius 1 is 1.08 bits per heavy atom. The molecule has 26 heavy (non-hydrogen) atoms. The van der Waals surface area contributed by atoms with E-state index in [1.165, 1.54) is 10.9 Å². The molecule has 0 fully saturated rings. The van der Waals surface area contributed by atoms with Gasteiger partial charge in [0, 0.05) is 13.0 Å². The summed E-state index contributed by atoms with van der Waals surface area (Å²) in [4.78, 5) is 36.3. The lowest BCUT2D eigenvalue weighted by molar-refractivity contribution is -0.121. The van der Waals surface area contributed by atoms with Crippen LogP contribution in [-0.2, 0) is 17.9 Å². The third-order valence-corrected chi connectivity index (χ3v) is 4.20.